The molecule has 4 aliphatic rings. The molecule has 0 saturated carbocycles. The lowest BCUT2D eigenvalue weighted by Gasteiger charge is -2.29. The van der Waals surface area contributed by atoms with E-state index in [1.807, 2.05) is 25.3 Å². The normalized spacial score (nSPS) is 23.2. The summed E-state index contributed by atoms with van der Waals surface area (Å²) < 4.78 is 0. The van der Waals surface area contributed by atoms with Gasteiger partial charge in [0, 0.05) is 28.3 Å². The van der Waals surface area contributed by atoms with Gasteiger partial charge in [0.05, 0.1) is 28.4 Å². The molecule has 1 unspecified atom stereocenters. The molecule has 8 bridgehead atoms. The number of nitrogens with one attached hydrogen (secondary N) is 2. The van der Waals surface area contributed by atoms with Gasteiger partial charge in [0.2, 0.25) is 0 Å². The molecule has 2 N–H and O–H groups in total. The van der Waals surface area contributed by atoms with Gasteiger partial charge in [-0.25, -0.2) is 9.98 Å². The van der Waals surface area contributed by atoms with Crippen molar-refractivity contribution >= 4 is 23.6 Å². The molecular weight excluding hydrogens is 382 g/mol. The van der Waals surface area contributed by atoms with Crippen LogP contribution in [0.3, 0.4) is 0 Å². The molecule has 5 heteroatoms. The summed E-state index contributed by atoms with van der Waals surface area (Å²) in [7, 11) is 0. The first kappa shape index (κ1) is 17.8. The number of fused-ring (bicyclic) bond motifs is 6. The molecule has 0 spiro atoms. The molecule has 5 nitrogen and oxygen atoms in total. The van der Waals surface area contributed by atoms with Crippen molar-refractivity contribution in [2.75, 3.05) is 0 Å². The second-order valence-electron chi connectivity index (χ2n) is 8.18. The SMILES string of the molecule is Cc1cc(C23C=C4C=CC(=N4)C=c4ccc([nH]4)=CC4=NC(=CC(=CC2)N3)C=C4)ccn1. The minimum atomic E-state index is -0.379. The van der Waals surface area contributed by atoms with Gasteiger partial charge in [-0.1, -0.05) is 6.08 Å². The molecule has 4 aliphatic heterocycles. The van der Waals surface area contributed by atoms with Crippen LogP contribution in [0.15, 0.2) is 100 Å². The van der Waals surface area contributed by atoms with Gasteiger partial charge in [-0.05, 0) is 91.8 Å². The van der Waals surface area contributed by atoms with Crippen LogP contribution >= 0.6 is 0 Å². The van der Waals surface area contributed by atoms with Crippen LogP contribution < -0.4 is 16.0 Å². The van der Waals surface area contributed by atoms with Gasteiger partial charge >= 0.3 is 0 Å². The van der Waals surface area contributed by atoms with E-state index in [2.05, 4.69) is 82.1 Å². The summed E-state index contributed by atoms with van der Waals surface area (Å²) in [4.78, 5) is 17.4. The monoisotopic (exact) mass is 403 g/mol. The summed E-state index contributed by atoms with van der Waals surface area (Å²) in [5.41, 5.74) is 6.59. The van der Waals surface area contributed by atoms with Crippen LogP contribution in [0.1, 0.15) is 17.7 Å². The van der Waals surface area contributed by atoms with Crippen LogP contribution in [0.2, 0.25) is 0 Å². The Labute approximate surface area is 180 Å². The third-order valence-electron chi connectivity index (χ3n) is 5.82. The number of aromatic nitrogens is 2. The lowest BCUT2D eigenvalue weighted by molar-refractivity contribution is 0.503. The Bertz CT molecular complexity index is 1440. The largest absolute Gasteiger partial charge is 0.372 e. The van der Waals surface area contributed by atoms with E-state index in [0.29, 0.717) is 0 Å². The molecule has 6 rings (SSSR count). The van der Waals surface area contributed by atoms with Crippen LogP contribution in [0, 0.1) is 6.92 Å². The van der Waals surface area contributed by atoms with Crippen molar-refractivity contribution in [1.82, 2.24) is 15.3 Å². The predicted molar refractivity (Wildman–Crippen MR) is 125 cm³/mol. The Morgan fingerprint density at radius 3 is 2.39 bits per heavy atom. The summed E-state index contributed by atoms with van der Waals surface area (Å²) >= 11 is 0. The highest BCUT2D eigenvalue weighted by molar-refractivity contribution is 6.20. The van der Waals surface area contributed by atoms with Gasteiger partial charge in [-0.3, -0.25) is 4.98 Å². The van der Waals surface area contributed by atoms with Crippen molar-refractivity contribution in [2.45, 2.75) is 18.9 Å². The lowest BCUT2D eigenvalue weighted by atomic mass is 9.87. The fourth-order valence-corrected chi connectivity index (χ4v) is 4.36. The minimum Gasteiger partial charge on any atom is -0.372 e. The molecule has 0 radical (unpaired) electrons. The van der Waals surface area contributed by atoms with Gasteiger partial charge in [0.15, 0.2) is 0 Å². The van der Waals surface area contributed by atoms with Crippen molar-refractivity contribution in [3.63, 3.8) is 0 Å². The number of aromatic amines is 1. The number of aliphatic imine (C=N–C) groups is 2. The van der Waals surface area contributed by atoms with E-state index < -0.39 is 0 Å². The van der Waals surface area contributed by atoms with Crippen LogP contribution in [0.5, 0.6) is 0 Å². The van der Waals surface area contributed by atoms with Crippen LogP contribution in [-0.4, -0.2) is 21.4 Å². The van der Waals surface area contributed by atoms with E-state index in [1.165, 1.54) is 5.56 Å². The molecule has 1 atom stereocenters. The van der Waals surface area contributed by atoms with Gasteiger partial charge in [-0.2, -0.15) is 0 Å². The average molecular weight is 403 g/mol. The number of allylic oxidation sites excluding steroid dienone is 5. The molecule has 0 aromatic carbocycles. The first-order valence-electron chi connectivity index (χ1n) is 10.4. The van der Waals surface area contributed by atoms with Crippen LogP contribution in [-0.2, 0) is 5.54 Å². The molecule has 150 valence electrons. The topological polar surface area (TPSA) is 65.4 Å². The lowest BCUT2D eigenvalue weighted by Crippen LogP contribution is -2.35. The zero-order valence-corrected chi connectivity index (χ0v) is 17.1. The molecule has 0 amide bonds. The molecule has 2 aromatic rings. The number of rotatable bonds is 1. The molecular formula is C26H21N5. The number of aryl methyl sites for hydroxylation is 1. The van der Waals surface area contributed by atoms with E-state index in [1.54, 1.807) is 0 Å². The Balaban J connectivity index is 1.53. The van der Waals surface area contributed by atoms with E-state index in [0.717, 1.165) is 51.3 Å². The second-order valence-corrected chi connectivity index (χ2v) is 8.18. The van der Waals surface area contributed by atoms with E-state index >= 15 is 0 Å². The van der Waals surface area contributed by atoms with Gasteiger partial charge in [0.1, 0.15) is 0 Å². The molecule has 2 aromatic heterocycles. The van der Waals surface area contributed by atoms with E-state index in [9.17, 15) is 0 Å². The van der Waals surface area contributed by atoms with E-state index in [4.69, 9.17) is 9.98 Å². The standard InChI is InChI=1S/C26H21N5/c1-17-12-18(9-11-27-17)26-10-8-24(31-26)15-23-5-4-20(29-23)13-19-2-3-21(28-19)14-22-6-7-25(16-26)30-22/h2-9,11-16,28,31H,10H2,1H3. The van der Waals surface area contributed by atoms with Gasteiger partial charge in [0.25, 0.3) is 0 Å². The second kappa shape index (κ2) is 6.77. The molecule has 0 aliphatic carbocycles. The Hall–Kier alpha value is -3.99. The third-order valence-corrected chi connectivity index (χ3v) is 5.82. The molecule has 6 heterocycles. The molecule has 0 fully saturated rings. The predicted octanol–water partition coefficient (Wildman–Crippen LogP) is 2.85. The summed E-state index contributed by atoms with van der Waals surface area (Å²) in [5, 5.41) is 5.78. The zero-order chi connectivity index (χ0) is 20.8. The van der Waals surface area contributed by atoms with Crippen LogP contribution in [0.4, 0.5) is 0 Å². The minimum absolute atomic E-state index is 0.379. The van der Waals surface area contributed by atoms with Crippen molar-refractivity contribution in [2.24, 2.45) is 9.98 Å². The number of H-pyrrole nitrogens is 1. The average Bonchev–Trinajstić information content (AvgIpc) is 3.53. The Morgan fingerprint density at radius 1 is 0.871 bits per heavy atom. The Kier molecular flexibility index (Phi) is 3.90. The highest BCUT2D eigenvalue weighted by Gasteiger charge is 2.34. The summed E-state index contributed by atoms with van der Waals surface area (Å²) in [5.74, 6) is 0. The fourth-order valence-electron chi connectivity index (χ4n) is 4.36. The molecule has 0 saturated heterocycles. The fraction of sp³-hybridized carbons (Fsp3) is 0.115. The summed E-state index contributed by atoms with van der Waals surface area (Å²) in [6.45, 7) is 2.02. The number of hydrogen-bond acceptors (Lipinski definition) is 4. The Morgan fingerprint density at radius 2 is 1.61 bits per heavy atom. The van der Waals surface area contributed by atoms with Gasteiger partial charge < -0.3 is 10.3 Å². The maximum atomic E-state index is 4.85. The highest BCUT2D eigenvalue weighted by atomic mass is 15.0. The summed E-state index contributed by atoms with van der Waals surface area (Å²) in [6, 6.07) is 8.34. The molecule has 31 heavy (non-hydrogen) atoms. The maximum Gasteiger partial charge on any atom is 0.0869 e. The van der Waals surface area contributed by atoms with Crippen LogP contribution in [0.25, 0.3) is 12.2 Å². The maximum absolute atomic E-state index is 4.85. The zero-order valence-electron chi connectivity index (χ0n) is 17.1. The summed E-state index contributed by atoms with van der Waals surface area (Å²) in [6.07, 6.45) is 21.6. The first-order chi connectivity index (χ1) is 15.1. The quantitative estimate of drug-likeness (QED) is 0.769. The van der Waals surface area contributed by atoms with Crippen molar-refractivity contribution < 1.29 is 0 Å². The third kappa shape index (κ3) is 3.34. The highest BCUT2D eigenvalue weighted by Crippen LogP contribution is 2.36. The van der Waals surface area contributed by atoms with E-state index in [-0.39, 0.29) is 5.54 Å². The number of pyridine rings is 1. The first-order valence-corrected chi connectivity index (χ1v) is 10.4. The van der Waals surface area contributed by atoms with Gasteiger partial charge in [-0.15, -0.1) is 0 Å². The smallest absolute Gasteiger partial charge is 0.0869 e. The van der Waals surface area contributed by atoms with Crippen molar-refractivity contribution in [1.29, 1.82) is 0 Å². The number of nitrogens with zero attached hydrogens (tertiary/aromatic N) is 3. The van der Waals surface area contributed by atoms with Crippen molar-refractivity contribution in [3.05, 3.63) is 112 Å². The number of hydrogen-bond donors (Lipinski definition) is 2. The van der Waals surface area contributed by atoms with Crippen molar-refractivity contribution in [3.8, 4) is 0 Å².